The van der Waals surface area contributed by atoms with Gasteiger partial charge in [0.15, 0.2) is 0 Å². The minimum Gasteiger partial charge on any atom is -0.870 e. The predicted octanol–water partition coefficient (Wildman–Crippen LogP) is 1.72. The van der Waals surface area contributed by atoms with E-state index >= 15 is 0 Å². The summed E-state index contributed by atoms with van der Waals surface area (Å²) >= 11 is 0. The maximum absolute atomic E-state index is 3.73. The van der Waals surface area contributed by atoms with Crippen molar-refractivity contribution < 1.29 is 42.3 Å². The van der Waals surface area contributed by atoms with Crippen molar-refractivity contribution in [1.29, 1.82) is 0 Å². The van der Waals surface area contributed by atoms with Crippen LogP contribution in [0.1, 0.15) is 26.7 Å². The Morgan fingerprint density at radius 1 is 1.10 bits per heavy atom. The third-order valence-electron chi connectivity index (χ3n) is 0.781. The van der Waals surface area contributed by atoms with Crippen LogP contribution in [0.2, 0.25) is 0 Å². The smallest absolute Gasteiger partial charge is 0.870 e. The molecule has 0 radical (unpaired) electrons. The molecular weight excluding hydrogens is 299 g/mol. The molecule has 0 bridgehead atoms. The summed E-state index contributed by atoms with van der Waals surface area (Å²) in [7, 11) is 0. The monoisotopic (exact) mass is 316 g/mol. The van der Waals surface area contributed by atoms with Crippen molar-refractivity contribution in [2.75, 3.05) is 0 Å². The van der Waals surface area contributed by atoms with Crippen molar-refractivity contribution in [3.8, 4) is 0 Å². The summed E-state index contributed by atoms with van der Waals surface area (Å²) in [6.45, 7) is 8.15. The third-order valence-corrected chi connectivity index (χ3v) is 0.781. The Hall–Kier alpha value is 0.750. The van der Waals surface area contributed by atoms with Gasteiger partial charge in [-0.3, -0.25) is 0 Å². The molecule has 4 heteroatoms. The van der Waals surface area contributed by atoms with Gasteiger partial charge in [0.1, 0.15) is 0 Å². The van der Waals surface area contributed by atoms with Crippen LogP contribution in [-0.2, 0) is 25.8 Å². The number of hydrogen-bond acceptors (Lipinski definition) is 3. The molecule has 3 N–H and O–H groups in total. The summed E-state index contributed by atoms with van der Waals surface area (Å²) in [5.41, 5.74) is 0. The fourth-order valence-electron chi connectivity index (χ4n) is 0.408. The summed E-state index contributed by atoms with van der Waals surface area (Å²) in [6.07, 6.45) is 2.34. The van der Waals surface area contributed by atoms with Crippen molar-refractivity contribution >= 4 is 0 Å². The van der Waals surface area contributed by atoms with Gasteiger partial charge in [-0.15, -0.1) is 0 Å². The second kappa shape index (κ2) is 22.6. The maximum Gasteiger partial charge on any atom is 4.00 e. The second-order valence-corrected chi connectivity index (χ2v) is 2.04. The van der Waals surface area contributed by atoms with Gasteiger partial charge in [-0.05, 0) is 5.92 Å². The third kappa shape index (κ3) is 37.4. The van der Waals surface area contributed by atoms with E-state index in [2.05, 4.69) is 20.8 Å². The molecule has 0 saturated carbocycles. The van der Waals surface area contributed by atoms with Gasteiger partial charge in [-0.1, -0.05) is 20.3 Å². The van der Waals surface area contributed by atoms with E-state index in [4.69, 9.17) is 0 Å². The predicted molar refractivity (Wildman–Crippen MR) is 35.2 cm³/mol. The topological polar surface area (TPSA) is 90.0 Å². The molecule has 0 saturated heterocycles. The molecule has 0 aromatic heterocycles. The zero-order valence-electron chi connectivity index (χ0n) is 6.54. The molecular formula is C6H16HfO3. The van der Waals surface area contributed by atoms with Gasteiger partial charge in [0.2, 0.25) is 0 Å². The molecule has 0 fully saturated rings. The van der Waals surface area contributed by atoms with E-state index in [9.17, 15) is 0 Å². The van der Waals surface area contributed by atoms with Crippen LogP contribution in [0.5, 0.6) is 0 Å². The Morgan fingerprint density at radius 2 is 1.40 bits per heavy atom. The Balaban J connectivity index is -0.0000000208. The molecule has 0 aliphatic rings. The zero-order valence-corrected chi connectivity index (χ0v) is 10.1. The van der Waals surface area contributed by atoms with Crippen LogP contribution >= 0.6 is 0 Å². The fraction of sp³-hybridized carbons (Fsp3) is 0.833. The molecule has 0 heterocycles. The molecule has 3 nitrogen and oxygen atoms in total. The Kier molecular flexibility index (Phi) is 69.8. The summed E-state index contributed by atoms with van der Waals surface area (Å²) in [5, 5.41) is 0. The van der Waals surface area contributed by atoms with Crippen molar-refractivity contribution in [2.45, 2.75) is 26.7 Å². The first kappa shape index (κ1) is 30.9. The molecule has 0 spiro atoms. The van der Waals surface area contributed by atoms with Gasteiger partial charge in [-0.2, -0.15) is 6.42 Å². The number of hydrogen-bond donors (Lipinski definition) is 0. The van der Waals surface area contributed by atoms with Crippen LogP contribution in [0.15, 0.2) is 0 Å². The van der Waals surface area contributed by atoms with Gasteiger partial charge in [0.25, 0.3) is 0 Å². The molecule has 0 rings (SSSR count). The molecule has 0 unspecified atom stereocenters. The van der Waals surface area contributed by atoms with Gasteiger partial charge < -0.3 is 23.4 Å². The van der Waals surface area contributed by atoms with Gasteiger partial charge in [0.05, 0.1) is 0 Å². The van der Waals surface area contributed by atoms with Crippen LogP contribution in [0.25, 0.3) is 0 Å². The normalized spacial score (nSPS) is 6.00. The summed E-state index contributed by atoms with van der Waals surface area (Å²) < 4.78 is 0. The molecule has 62 valence electrons. The number of rotatable bonds is 2. The Morgan fingerprint density at radius 3 is 1.40 bits per heavy atom. The maximum atomic E-state index is 3.73. The summed E-state index contributed by atoms with van der Waals surface area (Å²) in [5.74, 6) is 0.836. The molecule has 0 aliphatic heterocycles. The van der Waals surface area contributed by atoms with E-state index in [1.807, 2.05) is 0 Å². The van der Waals surface area contributed by atoms with E-state index in [1.54, 1.807) is 0 Å². The van der Waals surface area contributed by atoms with Crippen LogP contribution in [0.3, 0.4) is 0 Å². The zero-order chi connectivity index (χ0) is 4.99. The van der Waals surface area contributed by atoms with Crippen molar-refractivity contribution in [2.24, 2.45) is 5.92 Å². The molecule has 10 heavy (non-hydrogen) atoms. The standard InChI is InChI=1S/C6H13.Hf.3H2O/c1-4-5-6(2)3;;;;/h6H,1,4-5H2,2-3H3;;3*1H2/q-1;+4;;;/p-3. The minimum atomic E-state index is 0. The van der Waals surface area contributed by atoms with E-state index in [1.165, 1.54) is 6.42 Å². The van der Waals surface area contributed by atoms with Crippen LogP contribution in [0, 0.1) is 12.8 Å². The molecule has 0 atom stereocenters. The van der Waals surface area contributed by atoms with Crippen LogP contribution in [-0.4, -0.2) is 16.4 Å². The Bertz CT molecular complexity index is 34.2. The molecule has 0 aromatic rings. The van der Waals surface area contributed by atoms with E-state index in [0.29, 0.717) is 0 Å². The van der Waals surface area contributed by atoms with Gasteiger partial charge >= 0.3 is 25.8 Å². The van der Waals surface area contributed by atoms with Crippen molar-refractivity contribution in [1.82, 2.24) is 0 Å². The quantitative estimate of drug-likeness (QED) is 0.574. The largest absolute Gasteiger partial charge is 4.00 e. The van der Waals surface area contributed by atoms with E-state index in [-0.39, 0.29) is 42.3 Å². The van der Waals surface area contributed by atoms with Crippen molar-refractivity contribution in [3.63, 3.8) is 0 Å². The average molecular weight is 315 g/mol. The first-order valence-corrected chi connectivity index (χ1v) is 2.56. The van der Waals surface area contributed by atoms with Crippen LogP contribution < -0.4 is 0 Å². The van der Waals surface area contributed by atoms with Gasteiger partial charge in [-0.25, -0.2) is 0 Å². The van der Waals surface area contributed by atoms with Gasteiger partial charge in [0, 0.05) is 0 Å². The fourth-order valence-corrected chi connectivity index (χ4v) is 0.408. The minimum absolute atomic E-state index is 0. The summed E-state index contributed by atoms with van der Waals surface area (Å²) in [4.78, 5) is 0. The van der Waals surface area contributed by atoms with Crippen molar-refractivity contribution in [3.05, 3.63) is 6.92 Å². The molecule has 0 aliphatic carbocycles. The average Bonchev–Trinajstić information content (AvgIpc) is 1.35. The van der Waals surface area contributed by atoms with E-state index in [0.717, 1.165) is 12.3 Å². The summed E-state index contributed by atoms with van der Waals surface area (Å²) in [6, 6.07) is 0. The molecule has 0 amide bonds. The molecule has 0 aromatic carbocycles. The SMILES string of the molecule is [CH2-]CCC(C)C.[Hf+4].[OH-].[OH-].[OH-]. The Labute approximate surface area is 81.9 Å². The van der Waals surface area contributed by atoms with Crippen LogP contribution in [0.4, 0.5) is 0 Å². The second-order valence-electron chi connectivity index (χ2n) is 2.04. The first-order valence-electron chi connectivity index (χ1n) is 2.56. The first-order chi connectivity index (χ1) is 2.77. The van der Waals surface area contributed by atoms with E-state index < -0.39 is 0 Å².